The molecule has 3 aromatic carbocycles. The van der Waals surface area contributed by atoms with Gasteiger partial charge in [-0.3, -0.25) is 9.10 Å². The summed E-state index contributed by atoms with van der Waals surface area (Å²) in [5.41, 5.74) is 1.68. The van der Waals surface area contributed by atoms with E-state index >= 15 is 0 Å². The summed E-state index contributed by atoms with van der Waals surface area (Å²) in [6, 6.07) is 15.3. The van der Waals surface area contributed by atoms with Crippen molar-refractivity contribution >= 4 is 21.6 Å². The summed E-state index contributed by atoms with van der Waals surface area (Å²) in [6.07, 6.45) is -4.68. The van der Waals surface area contributed by atoms with Crippen LogP contribution in [0.3, 0.4) is 0 Å². The van der Waals surface area contributed by atoms with Crippen molar-refractivity contribution in [1.29, 1.82) is 0 Å². The van der Waals surface area contributed by atoms with E-state index in [1.807, 2.05) is 26.0 Å². The summed E-state index contributed by atoms with van der Waals surface area (Å²) in [5.74, 6) is -0.0633. The van der Waals surface area contributed by atoms with E-state index in [2.05, 4.69) is 5.32 Å². The van der Waals surface area contributed by atoms with Crippen molar-refractivity contribution in [3.63, 3.8) is 0 Å². The van der Waals surface area contributed by atoms with E-state index in [9.17, 15) is 26.4 Å². The molecule has 3 aromatic rings. The fourth-order valence-electron chi connectivity index (χ4n) is 3.34. The normalized spacial score (nSPS) is 11.7. The molecule has 0 atom stereocenters. The molecule has 0 bridgehead atoms. The summed E-state index contributed by atoms with van der Waals surface area (Å²) in [6.45, 7) is 5.19. The molecule has 1 N–H and O–H groups in total. The maximum Gasteiger partial charge on any atom is 0.416 e. The summed E-state index contributed by atoms with van der Waals surface area (Å²) in [4.78, 5) is 12.5. The number of benzene rings is 3. The van der Waals surface area contributed by atoms with E-state index in [1.165, 1.54) is 18.2 Å². The van der Waals surface area contributed by atoms with Gasteiger partial charge in [-0.1, -0.05) is 29.8 Å². The Morgan fingerprint density at radius 1 is 0.944 bits per heavy atom. The Labute approximate surface area is 208 Å². The van der Waals surface area contributed by atoms with E-state index in [1.54, 1.807) is 25.1 Å². The number of nitrogens with zero attached hydrogens (tertiary/aromatic N) is 1. The lowest BCUT2D eigenvalue weighted by molar-refractivity contribution is -0.137. The van der Waals surface area contributed by atoms with Gasteiger partial charge in [-0.05, 0) is 74.4 Å². The number of aryl methyl sites for hydroxylation is 3. The average molecular weight is 521 g/mol. The number of nitrogens with one attached hydrogen (secondary N) is 1. The van der Waals surface area contributed by atoms with Crippen molar-refractivity contribution in [3.8, 4) is 5.75 Å². The van der Waals surface area contributed by atoms with E-state index in [-0.39, 0.29) is 23.7 Å². The molecule has 3 rings (SSSR count). The summed E-state index contributed by atoms with van der Waals surface area (Å²) in [5, 5.41) is 2.56. The first-order chi connectivity index (χ1) is 16.9. The lowest BCUT2D eigenvalue weighted by Gasteiger charge is -2.25. The number of hydrogen-bond acceptors (Lipinski definition) is 4. The minimum Gasteiger partial charge on any atom is -0.492 e. The first kappa shape index (κ1) is 27.1. The molecular formula is C26H27F3N2O4S. The SMILES string of the molecule is Cc1ccc(S(=O)(=O)N(CC(=O)NCCOc2ccc(C)c(C)c2)c2cccc(C(F)(F)F)c2)cc1. The van der Waals surface area contributed by atoms with Gasteiger partial charge in [0.05, 0.1) is 22.7 Å². The van der Waals surface area contributed by atoms with Gasteiger partial charge in [-0.15, -0.1) is 0 Å². The second-order valence-electron chi connectivity index (χ2n) is 8.32. The molecule has 0 fully saturated rings. The highest BCUT2D eigenvalue weighted by Crippen LogP contribution is 2.33. The van der Waals surface area contributed by atoms with E-state index < -0.39 is 34.2 Å². The standard InChI is InChI=1S/C26H27F3N2O4S/c1-18-7-11-24(12-8-18)36(33,34)31(22-6-4-5-21(16-22)26(27,28)29)17-25(32)30-13-14-35-23-10-9-19(2)20(3)15-23/h4-12,15-16H,13-14,17H2,1-3H3,(H,30,32). The van der Waals surface area contributed by atoms with Gasteiger partial charge in [-0.2, -0.15) is 13.2 Å². The predicted molar refractivity (Wildman–Crippen MR) is 132 cm³/mol. The van der Waals surface area contributed by atoms with Gasteiger partial charge in [0.1, 0.15) is 18.9 Å². The van der Waals surface area contributed by atoms with Crippen molar-refractivity contribution in [2.24, 2.45) is 0 Å². The fraction of sp³-hybridized carbons (Fsp3) is 0.269. The van der Waals surface area contributed by atoms with Crippen LogP contribution in [0.25, 0.3) is 0 Å². The Morgan fingerprint density at radius 3 is 2.28 bits per heavy atom. The zero-order valence-electron chi connectivity index (χ0n) is 20.1. The van der Waals surface area contributed by atoms with Gasteiger partial charge < -0.3 is 10.1 Å². The van der Waals surface area contributed by atoms with E-state index in [0.29, 0.717) is 16.1 Å². The second-order valence-corrected chi connectivity index (χ2v) is 10.2. The van der Waals surface area contributed by atoms with Gasteiger partial charge in [-0.25, -0.2) is 8.42 Å². The molecule has 0 aliphatic heterocycles. The van der Waals surface area contributed by atoms with Crippen LogP contribution in [0.15, 0.2) is 71.6 Å². The van der Waals surface area contributed by atoms with Crippen molar-refractivity contribution in [2.45, 2.75) is 31.8 Å². The molecule has 192 valence electrons. The van der Waals surface area contributed by atoms with Crippen molar-refractivity contribution in [1.82, 2.24) is 5.32 Å². The quantitative estimate of drug-likeness (QED) is 0.402. The van der Waals surface area contributed by atoms with Gasteiger partial charge in [0.2, 0.25) is 5.91 Å². The Bertz CT molecular complexity index is 1320. The minimum absolute atomic E-state index is 0.0762. The number of alkyl halides is 3. The first-order valence-corrected chi connectivity index (χ1v) is 12.6. The molecule has 0 spiro atoms. The smallest absolute Gasteiger partial charge is 0.416 e. The number of rotatable bonds is 9. The summed E-state index contributed by atoms with van der Waals surface area (Å²) in [7, 11) is -4.34. The maximum absolute atomic E-state index is 13.4. The van der Waals surface area contributed by atoms with E-state index in [4.69, 9.17) is 4.74 Å². The first-order valence-electron chi connectivity index (χ1n) is 11.1. The number of carbonyl (C=O) groups excluding carboxylic acids is 1. The molecule has 0 saturated heterocycles. The average Bonchev–Trinajstić information content (AvgIpc) is 2.82. The molecule has 1 amide bonds. The van der Waals surface area contributed by atoms with Gasteiger partial charge in [0, 0.05) is 0 Å². The number of anilines is 1. The molecule has 0 saturated carbocycles. The van der Waals surface area contributed by atoms with Crippen LogP contribution in [0.5, 0.6) is 5.75 Å². The third-order valence-electron chi connectivity index (χ3n) is 5.53. The van der Waals surface area contributed by atoms with Crippen LogP contribution in [0.1, 0.15) is 22.3 Å². The third kappa shape index (κ3) is 6.78. The molecule has 10 heteroatoms. The monoisotopic (exact) mass is 520 g/mol. The molecule has 0 unspecified atom stereocenters. The zero-order valence-corrected chi connectivity index (χ0v) is 20.9. The topological polar surface area (TPSA) is 75.7 Å². The van der Waals surface area contributed by atoms with Crippen LogP contribution in [-0.2, 0) is 21.0 Å². The molecule has 36 heavy (non-hydrogen) atoms. The highest BCUT2D eigenvalue weighted by atomic mass is 32.2. The molecule has 0 radical (unpaired) electrons. The molecule has 6 nitrogen and oxygen atoms in total. The van der Waals surface area contributed by atoms with Gasteiger partial charge in [0.25, 0.3) is 10.0 Å². The van der Waals surface area contributed by atoms with Crippen LogP contribution in [0.4, 0.5) is 18.9 Å². The van der Waals surface area contributed by atoms with Crippen LogP contribution >= 0.6 is 0 Å². The lowest BCUT2D eigenvalue weighted by Crippen LogP contribution is -2.42. The van der Waals surface area contributed by atoms with E-state index in [0.717, 1.165) is 28.8 Å². The predicted octanol–water partition coefficient (Wildman–Crippen LogP) is 5.02. The van der Waals surface area contributed by atoms with Crippen LogP contribution in [-0.4, -0.2) is 34.0 Å². The minimum atomic E-state index is -4.68. The van der Waals surface area contributed by atoms with Crippen LogP contribution in [0.2, 0.25) is 0 Å². The van der Waals surface area contributed by atoms with Gasteiger partial charge in [0.15, 0.2) is 0 Å². The number of amides is 1. The van der Waals surface area contributed by atoms with Crippen LogP contribution < -0.4 is 14.4 Å². The second kappa shape index (κ2) is 11.0. The zero-order chi connectivity index (χ0) is 26.5. The highest BCUT2D eigenvalue weighted by molar-refractivity contribution is 7.92. The molecule has 0 aliphatic carbocycles. The number of hydrogen-bond donors (Lipinski definition) is 1. The van der Waals surface area contributed by atoms with Crippen molar-refractivity contribution in [2.75, 3.05) is 24.0 Å². The lowest BCUT2D eigenvalue weighted by atomic mass is 10.1. The fourth-order valence-corrected chi connectivity index (χ4v) is 4.75. The van der Waals surface area contributed by atoms with Crippen molar-refractivity contribution in [3.05, 3.63) is 89.0 Å². The largest absolute Gasteiger partial charge is 0.492 e. The Hall–Kier alpha value is -3.53. The van der Waals surface area contributed by atoms with Crippen LogP contribution in [0, 0.1) is 20.8 Å². The highest BCUT2D eigenvalue weighted by Gasteiger charge is 2.33. The molecular weight excluding hydrogens is 493 g/mol. The summed E-state index contributed by atoms with van der Waals surface area (Å²) >= 11 is 0. The van der Waals surface area contributed by atoms with Gasteiger partial charge >= 0.3 is 6.18 Å². The Kier molecular flexibility index (Phi) is 8.29. The summed E-state index contributed by atoms with van der Waals surface area (Å²) < 4.78 is 72.9. The number of carbonyl (C=O) groups is 1. The number of sulfonamides is 1. The molecule has 0 heterocycles. The molecule has 0 aromatic heterocycles. The number of halogens is 3. The maximum atomic E-state index is 13.4. The Morgan fingerprint density at radius 2 is 1.64 bits per heavy atom. The molecule has 0 aliphatic rings. The third-order valence-corrected chi connectivity index (χ3v) is 7.32. The van der Waals surface area contributed by atoms with Crippen molar-refractivity contribution < 1.29 is 31.1 Å². The number of ether oxygens (including phenoxy) is 1. The Balaban J connectivity index is 1.78.